The van der Waals surface area contributed by atoms with Crippen LogP contribution in [0.25, 0.3) is 10.4 Å². The van der Waals surface area contributed by atoms with Crippen molar-refractivity contribution < 1.29 is 19.1 Å². The molecule has 0 saturated carbocycles. The summed E-state index contributed by atoms with van der Waals surface area (Å²) in [6.45, 7) is 4.25. The highest BCUT2D eigenvalue weighted by molar-refractivity contribution is 7.15. The Kier molecular flexibility index (Phi) is 6.66. The Bertz CT molecular complexity index is 747. The zero-order valence-electron chi connectivity index (χ0n) is 14.2. The summed E-state index contributed by atoms with van der Waals surface area (Å²) in [7, 11) is 0. The fraction of sp³-hybridized carbons (Fsp3) is 0.333. The van der Waals surface area contributed by atoms with Crippen LogP contribution in [-0.2, 0) is 16.1 Å². The number of carbonyl (C=O) groups is 2. The number of nitrogens with zero attached hydrogens (tertiary/aromatic N) is 1. The van der Waals surface area contributed by atoms with Gasteiger partial charge in [-0.15, -0.1) is 11.3 Å². The van der Waals surface area contributed by atoms with E-state index in [0.717, 1.165) is 9.75 Å². The molecule has 1 aromatic heterocycles. The topological polar surface area (TPSA) is 69.6 Å². The maximum atomic E-state index is 13.9. The first-order chi connectivity index (χ1) is 11.9. The number of hydrogen-bond acceptors (Lipinski definition) is 4. The minimum Gasteiger partial charge on any atom is -0.480 e. The van der Waals surface area contributed by atoms with E-state index in [9.17, 15) is 19.1 Å². The number of nitrogens with one attached hydrogen (secondary N) is 1. The molecule has 7 heteroatoms. The second-order valence-electron chi connectivity index (χ2n) is 5.71. The first-order valence-corrected chi connectivity index (χ1v) is 8.75. The molecular weight excluding hydrogens is 343 g/mol. The summed E-state index contributed by atoms with van der Waals surface area (Å²) in [5, 5.41) is 12.0. The van der Waals surface area contributed by atoms with E-state index in [1.165, 1.54) is 24.3 Å². The molecule has 0 fully saturated rings. The summed E-state index contributed by atoms with van der Waals surface area (Å²) in [6, 6.07) is 9.60. The van der Waals surface area contributed by atoms with Gasteiger partial charge in [-0.3, -0.25) is 14.5 Å². The lowest BCUT2D eigenvalue weighted by Gasteiger charge is -2.25. The molecule has 0 bridgehead atoms. The maximum absolute atomic E-state index is 13.9. The van der Waals surface area contributed by atoms with Gasteiger partial charge in [0, 0.05) is 41.9 Å². The van der Waals surface area contributed by atoms with Crippen LogP contribution in [0.3, 0.4) is 0 Å². The lowest BCUT2D eigenvalue weighted by molar-refractivity contribution is -0.142. The number of hydrogen-bond donors (Lipinski definition) is 2. The van der Waals surface area contributed by atoms with Gasteiger partial charge >= 0.3 is 5.97 Å². The second-order valence-corrected chi connectivity index (χ2v) is 6.88. The number of carboxylic acid groups (broad SMARTS) is 1. The molecule has 2 N–H and O–H groups in total. The van der Waals surface area contributed by atoms with E-state index in [4.69, 9.17) is 0 Å². The summed E-state index contributed by atoms with van der Waals surface area (Å²) in [4.78, 5) is 25.8. The number of carboxylic acids is 1. The molecule has 1 heterocycles. The molecule has 0 aliphatic rings. The lowest BCUT2D eigenvalue weighted by atomic mass is 10.2. The highest BCUT2D eigenvalue weighted by Crippen LogP contribution is 2.30. The molecule has 1 atom stereocenters. The Morgan fingerprint density at radius 3 is 2.64 bits per heavy atom. The highest BCUT2D eigenvalue weighted by Gasteiger charge is 2.21. The van der Waals surface area contributed by atoms with Crippen molar-refractivity contribution in [3.8, 4) is 10.4 Å². The fourth-order valence-electron chi connectivity index (χ4n) is 2.41. The van der Waals surface area contributed by atoms with Gasteiger partial charge in [0.2, 0.25) is 5.91 Å². The van der Waals surface area contributed by atoms with Crippen molar-refractivity contribution in [2.45, 2.75) is 26.4 Å². The molecule has 0 spiro atoms. The first kappa shape index (κ1) is 19.1. The van der Waals surface area contributed by atoms with E-state index in [1.807, 2.05) is 12.1 Å². The molecule has 134 valence electrons. The number of benzene rings is 1. The van der Waals surface area contributed by atoms with Crippen LogP contribution in [0.1, 0.15) is 18.7 Å². The van der Waals surface area contributed by atoms with Gasteiger partial charge in [-0.05, 0) is 25.1 Å². The van der Waals surface area contributed by atoms with Gasteiger partial charge in [0.1, 0.15) is 11.9 Å². The zero-order chi connectivity index (χ0) is 18.4. The van der Waals surface area contributed by atoms with E-state index in [-0.39, 0.29) is 11.7 Å². The van der Waals surface area contributed by atoms with Gasteiger partial charge in [-0.2, -0.15) is 0 Å². The molecule has 0 aliphatic carbocycles. The minimum absolute atomic E-state index is 0.152. The van der Waals surface area contributed by atoms with Gasteiger partial charge in [0.05, 0.1) is 0 Å². The largest absolute Gasteiger partial charge is 0.480 e. The van der Waals surface area contributed by atoms with Crippen LogP contribution in [-0.4, -0.2) is 41.0 Å². The number of rotatable bonds is 8. The van der Waals surface area contributed by atoms with Crippen molar-refractivity contribution in [1.82, 2.24) is 10.2 Å². The predicted molar refractivity (Wildman–Crippen MR) is 95.9 cm³/mol. The predicted octanol–water partition coefficient (Wildman–Crippen LogP) is 2.97. The van der Waals surface area contributed by atoms with Crippen molar-refractivity contribution in [1.29, 1.82) is 0 Å². The highest BCUT2D eigenvalue weighted by atomic mass is 32.1. The van der Waals surface area contributed by atoms with E-state index in [1.54, 1.807) is 30.0 Å². The van der Waals surface area contributed by atoms with Crippen LogP contribution in [0, 0.1) is 5.82 Å². The quantitative estimate of drug-likeness (QED) is 0.756. The number of aliphatic carboxylic acids is 1. The molecular formula is C18H21FN2O3S. The van der Waals surface area contributed by atoms with Crippen molar-refractivity contribution in [2.24, 2.45) is 0 Å². The summed E-state index contributed by atoms with van der Waals surface area (Å²) < 4.78 is 13.9. The fourth-order valence-corrected chi connectivity index (χ4v) is 3.47. The first-order valence-electron chi connectivity index (χ1n) is 7.93. The smallest absolute Gasteiger partial charge is 0.320 e. The molecule has 0 saturated heterocycles. The summed E-state index contributed by atoms with van der Waals surface area (Å²) in [5.41, 5.74) is 0.537. The second kappa shape index (κ2) is 8.73. The molecule has 0 radical (unpaired) electrons. The summed E-state index contributed by atoms with van der Waals surface area (Å²) in [6.07, 6.45) is 0. The molecule has 1 amide bonds. The van der Waals surface area contributed by atoms with Crippen LogP contribution >= 0.6 is 11.3 Å². The van der Waals surface area contributed by atoms with E-state index < -0.39 is 12.0 Å². The van der Waals surface area contributed by atoms with Gasteiger partial charge < -0.3 is 10.4 Å². The van der Waals surface area contributed by atoms with Crippen LogP contribution in [0.5, 0.6) is 0 Å². The Morgan fingerprint density at radius 2 is 2.00 bits per heavy atom. The molecule has 2 aromatic rings. The van der Waals surface area contributed by atoms with Crippen molar-refractivity contribution >= 4 is 23.2 Å². The average Bonchev–Trinajstić information content (AvgIpc) is 3.01. The van der Waals surface area contributed by atoms with Gasteiger partial charge in [-0.25, -0.2) is 4.39 Å². The third-order valence-electron chi connectivity index (χ3n) is 3.84. The summed E-state index contributed by atoms with van der Waals surface area (Å²) >= 11 is 1.44. The van der Waals surface area contributed by atoms with Crippen molar-refractivity contribution in [3.05, 3.63) is 47.1 Å². The SMILES string of the molecule is CC(=O)NCCN(Cc1ccc(-c2ccccc2F)s1)C(C)C(=O)O. The molecule has 1 aromatic carbocycles. The molecule has 2 rings (SSSR count). The lowest BCUT2D eigenvalue weighted by Crippen LogP contribution is -2.42. The third-order valence-corrected chi connectivity index (χ3v) is 4.94. The molecule has 0 aliphatic heterocycles. The standard InChI is InChI=1S/C18H21FN2O3S/c1-12(18(23)24)21(10-9-20-13(2)22)11-14-7-8-17(25-14)15-5-3-4-6-16(15)19/h3-8,12H,9-11H2,1-2H3,(H,20,22)(H,23,24). The van der Waals surface area contributed by atoms with Crippen molar-refractivity contribution in [3.63, 3.8) is 0 Å². The van der Waals surface area contributed by atoms with Crippen LogP contribution in [0.4, 0.5) is 4.39 Å². The van der Waals surface area contributed by atoms with E-state index >= 15 is 0 Å². The summed E-state index contributed by atoms with van der Waals surface area (Å²) in [5.74, 6) is -1.35. The van der Waals surface area contributed by atoms with Crippen LogP contribution in [0.2, 0.25) is 0 Å². The number of carbonyl (C=O) groups excluding carboxylic acids is 1. The van der Waals surface area contributed by atoms with E-state index in [0.29, 0.717) is 25.2 Å². The number of amides is 1. The van der Waals surface area contributed by atoms with Gasteiger partial charge in [0.25, 0.3) is 0 Å². The monoisotopic (exact) mass is 364 g/mol. The molecule has 1 unspecified atom stereocenters. The van der Waals surface area contributed by atoms with E-state index in [2.05, 4.69) is 5.32 Å². The van der Waals surface area contributed by atoms with Crippen LogP contribution < -0.4 is 5.32 Å². The Hall–Kier alpha value is -2.25. The third kappa shape index (κ3) is 5.37. The maximum Gasteiger partial charge on any atom is 0.320 e. The normalized spacial score (nSPS) is 12.2. The molecule has 25 heavy (non-hydrogen) atoms. The Labute approximate surface area is 150 Å². The number of halogens is 1. The molecule has 5 nitrogen and oxygen atoms in total. The zero-order valence-corrected chi connectivity index (χ0v) is 15.0. The number of thiophene rings is 1. The Morgan fingerprint density at radius 1 is 1.28 bits per heavy atom. The van der Waals surface area contributed by atoms with Crippen LogP contribution in [0.15, 0.2) is 36.4 Å². The Balaban J connectivity index is 2.11. The van der Waals surface area contributed by atoms with Gasteiger partial charge in [-0.1, -0.05) is 18.2 Å². The van der Waals surface area contributed by atoms with Crippen molar-refractivity contribution in [2.75, 3.05) is 13.1 Å². The average molecular weight is 364 g/mol. The minimum atomic E-state index is -0.922. The van der Waals surface area contributed by atoms with Gasteiger partial charge in [0.15, 0.2) is 0 Å².